The zero-order valence-corrected chi connectivity index (χ0v) is 11.8. The number of carbonyl (C=O) groups is 4. The molecule has 0 bridgehead atoms. The minimum Gasteiger partial charge on any atom is -0.288 e. The lowest BCUT2D eigenvalue weighted by Gasteiger charge is -2.17. The van der Waals surface area contributed by atoms with Crippen molar-refractivity contribution in [2.45, 2.75) is 0 Å². The number of hydrogen-bond acceptors (Lipinski definition) is 7. The zero-order valence-electron chi connectivity index (χ0n) is 11.8. The number of nitrogens with zero attached hydrogens (tertiary/aromatic N) is 2. The first kappa shape index (κ1) is 16.5. The first-order chi connectivity index (χ1) is 11.3. The molecule has 0 saturated carbocycles. The maximum atomic E-state index is 12.3. The summed E-state index contributed by atoms with van der Waals surface area (Å²) in [6, 6.07) is 5.20. The van der Waals surface area contributed by atoms with Crippen molar-refractivity contribution in [2.24, 2.45) is 5.92 Å². The van der Waals surface area contributed by atoms with Crippen LogP contribution < -0.4 is 10.6 Å². The molecule has 1 aromatic carbocycles. The number of non-ortho nitro benzene ring substituents is 1. The van der Waals surface area contributed by atoms with Crippen LogP contribution in [-0.2, 0) is 9.59 Å². The van der Waals surface area contributed by atoms with Gasteiger partial charge in [-0.05, 0) is 6.08 Å². The lowest BCUT2D eigenvalue weighted by molar-refractivity contribution is -0.384. The van der Waals surface area contributed by atoms with E-state index in [1.165, 1.54) is 18.2 Å². The molecule has 0 aliphatic carbocycles. The van der Waals surface area contributed by atoms with Crippen molar-refractivity contribution in [2.75, 3.05) is 0 Å². The molecule has 2 rings (SSSR count). The standard InChI is InChI=1S/C14H8N4O6/c15-6-8(5-10-12(20)16-14(22)17-13(10)21)11(19)7-2-1-3-9(4-7)18(23)24/h1-5,10H,(H2,16,17,20,21,22)/b8-5-. The molecule has 0 atom stereocenters. The van der Waals surface area contributed by atoms with Crippen molar-refractivity contribution in [3.05, 3.63) is 51.6 Å². The predicted octanol–water partition coefficient (Wildman–Crippen LogP) is 0.210. The van der Waals surface area contributed by atoms with Gasteiger partial charge in [0.2, 0.25) is 17.6 Å². The summed E-state index contributed by atoms with van der Waals surface area (Å²) in [6.07, 6.45) is 0.804. The second kappa shape index (κ2) is 6.49. The predicted molar refractivity (Wildman–Crippen MR) is 76.3 cm³/mol. The van der Waals surface area contributed by atoms with Crippen molar-refractivity contribution in [1.82, 2.24) is 10.6 Å². The normalized spacial score (nSPS) is 15.3. The summed E-state index contributed by atoms with van der Waals surface area (Å²) in [5, 5.41) is 23.5. The van der Waals surface area contributed by atoms with Crippen LogP contribution in [0.25, 0.3) is 0 Å². The van der Waals surface area contributed by atoms with Gasteiger partial charge in [-0.2, -0.15) is 5.26 Å². The Hall–Kier alpha value is -3.87. The summed E-state index contributed by atoms with van der Waals surface area (Å²) >= 11 is 0. The van der Waals surface area contributed by atoms with Crippen LogP contribution in [-0.4, -0.2) is 28.6 Å². The van der Waals surface area contributed by atoms with Crippen molar-refractivity contribution >= 4 is 29.3 Å². The Labute approximate surface area is 133 Å². The van der Waals surface area contributed by atoms with Gasteiger partial charge in [0, 0.05) is 17.7 Å². The van der Waals surface area contributed by atoms with Gasteiger partial charge in [0.25, 0.3) is 5.69 Å². The molecular formula is C14H8N4O6. The highest BCUT2D eigenvalue weighted by Crippen LogP contribution is 2.17. The largest absolute Gasteiger partial charge is 0.328 e. The van der Waals surface area contributed by atoms with Crippen LogP contribution in [0.5, 0.6) is 0 Å². The number of urea groups is 1. The molecule has 10 nitrogen and oxygen atoms in total. The Morgan fingerprint density at radius 2 is 1.88 bits per heavy atom. The quantitative estimate of drug-likeness (QED) is 0.199. The van der Waals surface area contributed by atoms with Gasteiger partial charge in [0.15, 0.2) is 0 Å². The van der Waals surface area contributed by atoms with Gasteiger partial charge in [-0.1, -0.05) is 12.1 Å². The molecule has 0 radical (unpaired) electrons. The molecule has 1 aromatic rings. The molecular weight excluding hydrogens is 320 g/mol. The van der Waals surface area contributed by atoms with Crippen molar-refractivity contribution in [1.29, 1.82) is 5.26 Å². The van der Waals surface area contributed by atoms with Gasteiger partial charge in [-0.15, -0.1) is 0 Å². The average Bonchev–Trinajstić information content (AvgIpc) is 2.54. The van der Waals surface area contributed by atoms with Crippen LogP contribution in [0.4, 0.5) is 10.5 Å². The fraction of sp³-hybridized carbons (Fsp3) is 0.0714. The molecule has 4 amide bonds. The van der Waals surface area contributed by atoms with Gasteiger partial charge in [0.1, 0.15) is 12.0 Å². The van der Waals surface area contributed by atoms with Gasteiger partial charge in [-0.3, -0.25) is 35.1 Å². The van der Waals surface area contributed by atoms with E-state index in [1.807, 2.05) is 10.6 Å². The van der Waals surface area contributed by atoms with Crippen LogP contribution >= 0.6 is 0 Å². The Balaban J connectivity index is 2.36. The summed E-state index contributed by atoms with van der Waals surface area (Å²) in [5.41, 5.74) is -1.05. The van der Waals surface area contributed by atoms with Gasteiger partial charge in [-0.25, -0.2) is 4.79 Å². The van der Waals surface area contributed by atoms with Crippen LogP contribution in [0, 0.1) is 27.4 Å². The summed E-state index contributed by atoms with van der Waals surface area (Å²) in [5.74, 6) is -4.40. The highest BCUT2D eigenvalue weighted by molar-refractivity contribution is 6.19. The third-order valence-corrected chi connectivity index (χ3v) is 3.06. The summed E-state index contributed by atoms with van der Waals surface area (Å²) in [7, 11) is 0. The van der Waals surface area contributed by atoms with Crippen LogP contribution in [0.2, 0.25) is 0 Å². The van der Waals surface area contributed by atoms with E-state index in [4.69, 9.17) is 5.26 Å². The van der Waals surface area contributed by atoms with E-state index in [9.17, 15) is 29.3 Å². The van der Waals surface area contributed by atoms with Gasteiger partial charge < -0.3 is 0 Å². The molecule has 0 spiro atoms. The lowest BCUT2D eigenvalue weighted by atomic mass is 9.97. The fourth-order valence-electron chi connectivity index (χ4n) is 1.93. The number of Topliss-reactive ketones (excluding diaryl/α,β-unsaturated/α-hetero) is 1. The number of nitro benzene ring substituents is 1. The van der Waals surface area contributed by atoms with Crippen molar-refractivity contribution in [3.8, 4) is 6.07 Å². The first-order valence-corrected chi connectivity index (χ1v) is 6.40. The molecule has 1 heterocycles. The molecule has 10 heteroatoms. The highest BCUT2D eigenvalue weighted by Gasteiger charge is 2.33. The van der Waals surface area contributed by atoms with Crippen LogP contribution in [0.1, 0.15) is 10.4 Å². The molecule has 1 aliphatic heterocycles. The minimum atomic E-state index is -1.54. The SMILES string of the molecule is N#C/C(=C/C1C(=O)NC(=O)NC1=O)C(=O)c1cccc([N+](=O)[O-])c1. The van der Waals surface area contributed by atoms with Crippen molar-refractivity contribution < 1.29 is 24.1 Å². The topological polar surface area (TPSA) is 159 Å². The second-order valence-corrected chi connectivity index (χ2v) is 4.61. The molecule has 24 heavy (non-hydrogen) atoms. The number of amides is 4. The maximum absolute atomic E-state index is 12.3. The molecule has 0 unspecified atom stereocenters. The number of nitriles is 1. The first-order valence-electron chi connectivity index (χ1n) is 6.40. The third kappa shape index (κ3) is 3.30. The van der Waals surface area contributed by atoms with E-state index in [2.05, 4.69) is 0 Å². The van der Waals surface area contributed by atoms with E-state index in [0.29, 0.717) is 0 Å². The number of rotatable bonds is 4. The smallest absolute Gasteiger partial charge is 0.288 e. The average molecular weight is 328 g/mol. The van der Waals surface area contributed by atoms with E-state index >= 15 is 0 Å². The molecule has 120 valence electrons. The minimum absolute atomic E-state index is 0.148. The van der Waals surface area contributed by atoms with E-state index in [0.717, 1.165) is 12.1 Å². The molecule has 0 aromatic heterocycles. The molecule has 1 aliphatic rings. The van der Waals surface area contributed by atoms with Gasteiger partial charge >= 0.3 is 6.03 Å². The molecule has 1 saturated heterocycles. The lowest BCUT2D eigenvalue weighted by Crippen LogP contribution is -2.55. The number of imide groups is 2. The number of nitrogens with one attached hydrogen (secondary N) is 2. The summed E-state index contributed by atoms with van der Waals surface area (Å²) in [4.78, 5) is 56.5. The number of benzene rings is 1. The molecule has 2 N–H and O–H groups in total. The van der Waals surface area contributed by atoms with E-state index in [-0.39, 0.29) is 11.3 Å². The number of nitro groups is 1. The molecule has 1 fully saturated rings. The number of carbonyl (C=O) groups excluding carboxylic acids is 4. The van der Waals surface area contributed by atoms with Gasteiger partial charge in [0.05, 0.1) is 10.5 Å². The summed E-state index contributed by atoms with van der Waals surface area (Å²) < 4.78 is 0. The Morgan fingerprint density at radius 3 is 2.42 bits per heavy atom. The fourth-order valence-corrected chi connectivity index (χ4v) is 1.93. The Kier molecular flexibility index (Phi) is 4.46. The highest BCUT2D eigenvalue weighted by atomic mass is 16.6. The maximum Gasteiger partial charge on any atom is 0.328 e. The Bertz CT molecular complexity index is 831. The Morgan fingerprint density at radius 1 is 1.25 bits per heavy atom. The number of barbiturate groups is 1. The monoisotopic (exact) mass is 328 g/mol. The summed E-state index contributed by atoms with van der Waals surface area (Å²) in [6.45, 7) is 0. The van der Waals surface area contributed by atoms with Crippen LogP contribution in [0.15, 0.2) is 35.9 Å². The van der Waals surface area contributed by atoms with Crippen LogP contribution in [0.3, 0.4) is 0 Å². The van der Waals surface area contributed by atoms with Crippen molar-refractivity contribution in [3.63, 3.8) is 0 Å². The van der Waals surface area contributed by atoms with E-state index in [1.54, 1.807) is 6.07 Å². The number of hydrogen-bond donors (Lipinski definition) is 2. The third-order valence-electron chi connectivity index (χ3n) is 3.06. The zero-order chi connectivity index (χ0) is 17.9. The number of ketones is 1. The number of allylic oxidation sites excluding steroid dienone is 1. The van der Waals surface area contributed by atoms with E-state index < -0.39 is 40.0 Å². The second-order valence-electron chi connectivity index (χ2n) is 4.61.